The third-order valence-corrected chi connectivity index (χ3v) is 14.5. The van der Waals surface area contributed by atoms with Crippen molar-refractivity contribution in [3.8, 4) is 46.0 Å². The number of rotatable bonds is 26. The van der Waals surface area contributed by atoms with Crippen LogP contribution in [0.1, 0.15) is 90.4 Å². The smallest absolute Gasteiger partial charge is 0.311 e. The van der Waals surface area contributed by atoms with Gasteiger partial charge in [-0.15, -0.1) is 0 Å². The molecular weight excluding hydrogens is 881 g/mol. The molecule has 2 heterocycles. The highest BCUT2D eigenvalue weighted by Gasteiger charge is 2.42. The Hall–Kier alpha value is -5.86. The Morgan fingerprint density at radius 2 is 0.783 bits per heavy atom. The molecule has 0 spiro atoms. The molecule has 6 rings (SSSR count). The number of fused-ring (bicyclic) bond motifs is 2. The minimum absolute atomic E-state index is 0.0559. The van der Waals surface area contributed by atoms with Crippen LogP contribution in [0.5, 0.6) is 46.0 Å². The summed E-state index contributed by atoms with van der Waals surface area (Å²) in [5, 5.41) is 0. The van der Waals surface area contributed by atoms with Gasteiger partial charge in [0.1, 0.15) is 12.1 Å². The Morgan fingerprint density at radius 1 is 0.449 bits per heavy atom. The maximum absolute atomic E-state index is 13.2. The zero-order valence-corrected chi connectivity index (χ0v) is 42.7. The molecule has 69 heavy (non-hydrogen) atoms. The van der Waals surface area contributed by atoms with Gasteiger partial charge in [-0.25, -0.2) is 0 Å². The number of benzene rings is 4. The molecule has 0 aliphatic carbocycles. The third-order valence-electron chi connectivity index (χ3n) is 14.5. The Bertz CT molecular complexity index is 2190. The average molecular weight is 957 g/mol. The van der Waals surface area contributed by atoms with Crippen LogP contribution in [0.4, 0.5) is 0 Å². The average Bonchev–Trinajstić information content (AvgIpc) is 3.37. The number of ether oxygens (including phenoxy) is 10. The van der Waals surface area contributed by atoms with E-state index >= 15 is 0 Å². The fourth-order valence-electron chi connectivity index (χ4n) is 10.3. The normalized spacial score (nSPS) is 19.3. The van der Waals surface area contributed by atoms with Crippen molar-refractivity contribution in [3.63, 3.8) is 0 Å². The first-order valence-corrected chi connectivity index (χ1v) is 24.3. The van der Waals surface area contributed by atoms with Crippen molar-refractivity contribution in [1.82, 2.24) is 0 Å². The van der Waals surface area contributed by atoms with Crippen LogP contribution in [0.15, 0.2) is 60.7 Å². The predicted molar refractivity (Wildman–Crippen MR) is 265 cm³/mol. The minimum Gasteiger partial charge on any atom is -0.493 e. The quantitative estimate of drug-likeness (QED) is 0.0339. The largest absolute Gasteiger partial charge is 0.493 e. The van der Waals surface area contributed by atoms with E-state index in [9.17, 15) is 9.59 Å². The molecule has 0 fully saturated rings. The summed E-state index contributed by atoms with van der Waals surface area (Å²) < 4.78 is 57.9. The lowest BCUT2D eigenvalue weighted by Crippen LogP contribution is -2.53. The highest BCUT2D eigenvalue weighted by Crippen LogP contribution is 2.45. The molecule has 0 aromatic heterocycles. The summed E-state index contributed by atoms with van der Waals surface area (Å²) >= 11 is 0. The van der Waals surface area contributed by atoms with E-state index in [4.69, 9.17) is 47.4 Å². The van der Waals surface area contributed by atoms with Gasteiger partial charge in [0.15, 0.2) is 46.0 Å². The maximum Gasteiger partial charge on any atom is 0.311 e. The van der Waals surface area contributed by atoms with E-state index in [-0.39, 0.29) is 24.0 Å². The van der Waals surface area contributed by atoms with E-state index in [0.717, 1.165) is 82.0 Å². The van der Waals surface area contributed by atoms with Crippen LogP contribution in [0.25, 0.3) is 0 Å². The standard InChI is InChI=1S/C55H76N2O12/c1-56(24-20-40-34-50(64-7)52(66-9)36-42(40)44(56)30-38-16-18-46(60-3)48(32-38)62-5)26-22-54(58)68-28-14-12-11-13-15-29-69-55(59)23-27-57(2)25-21-41-35-51(65-8)53(67-10)37-43(41)45(57)31-39-17-19-47(61-4)49(33-39)63-6/h16-19,32-37,44-45H,11-15,20-31H2,1-10H3/q+2/t44-,45+,56+,57-. The molecule has 0 saturated heterocycles. The first kappa shape index (κ1) is 52.5. The number of carbonyl (C=O) groups excluding carboxylic acids is 2. The van der Waals surface area contributed by atoms with Crippen LogP contribution in [0, 0.1) is 0 Å². The minimum atomic E-state index is -0.179. The van der Waals surface area contributed by atoms with Crippen molar-refractivity contribution >= 4 is 11.9 Å². The second-order valence-electron chi connectivity index (χ2n) is 18.7. The van der Waals surface area contributed by atoms with E-state index < -0.39 is 0 Å². The summed E-state index contributed by atoms with van der Waals surface area (Å²) in [7, 11) is 17.7. The van der Waals surface area contributed by atoms with Gasteiger partial charge >= 0.3 is 11.9 Å². The van der Waals surface area contributed by atoms with Crippen molar-refractivity contribution < 1.29 is 65.9 Å². The van der Waals surface area contributed by atoms with Gasteiger partial charge in [0, 0.05) is 36.8 Å². The van der Waals surface area contributed by atoms with Gasteiger partial charge in [-0.05, 0) is 83.6 Å². The molecule has 2 aliphatic heterocycles. The van der Waals surface area contributed by atoms with E-state index in [1.54, 1.807) is 56.9 Å². The number of methoxy groups -OCH3 is 8. The molecule has 0 amide bonds. The van der Waals surface area contributed by atoms with Gasteiger partial charge in [-0.3, -0.25) is 9.59 Å². The predicted octanol–water partition coefficient (Wildman–Crippen LogP) is 8.85. The van der Waals surface area contributed by atoms with Crippen molar-refractivity contribution in [2.45, 2.75) is 82.7 Å². The monoisotopic (exact) mass is 957 g/mol. The molecule has 0 bridgehead atoms. The lowest BCUT2D eigenvalue weighted by Gasteiger charge is -2.46. The molecule has 4 aromatic rings. The topological polar surface area (TPSA) is 126 Å². The number of likely N-dealkylation sites (N-methyl/N-ethyl adjacent to an activating group) is 2. The van der Waals surface area contributed by atoms with Crippen LogP contribution in [0.2, 0.25) is 0 Å². The number of carbonyl (C=O) groups is 2. The number of esters is 2. The first-order chi connectivity index (χ1) is 33.4. The maximum atomic E-state index is 13.2. The van der Waals surface area contributed by atoms with Crippen LogP contribution < -0.4 is 37.9 Å². The fraction of sp³-hybridized carbons (Fsp3) is 0.527. The highest BCUT2D eigenvalue weighted by atomic mass is 16.5. The van der Waals surface area contributed by atoms with Gasteiger partial charge in [0.05, 0.1) is 123 Å². The lowest BCUT2D eigenvalue weighted by molar-refractivity contribution is -0.940. The Morgan fingerprint density at radius 3 is 1.14 bits per heavy atom. The number of hydrogen-bond donors (Lipinski definition) is 0. The van der Waals surface area contributed by atoms with Crippen LogP contribution in [0.3, 0.4) is 0 Å². The molecule has 2 aliphatic rings. The summed E-state index contributed by atoms with van der Waals surface area (Å²) in [4.78, 5) is 26.3. The summed E-state index contributed by atoms with van der Waals surface area (Å²) in [6.45, 7) is 3.79. The van der Waals surface area contributed by atoms with Gasteiger partial charge < -0.3 is 56.3 Å². The van der Waals surface area contributed by atoms with E-state index in [1.165, 1.54) is 22.3 Å². The van der Waals surface area contributed by atoms with Gasteiger partial charge in [-0.1, -0.05) is 31.4 Å². The number of nitrogens with zero attached hydrogens (tertiary/aromatic N) is 2. The third kappa shape index (κ3) is 12.9. The molecule has 0 unspecified atom stereocenters. The Labute approximate surface area is 409 Å². The van der Waals surface area contributed by atoms with Crippen LogP contribution >= 0.6 is 0 Å². The first-order valence-electron chi connectivity index (χ1n) is 24.3. The van der Waals surface area contributed by atoms with Crippen molar-refractivity contribution in [3.05, 3.63) is 94.0 Å². The van der Waals surface area contributed by atoms with Crippen molar-refractivity contribution in [2.24, 2.45) is 0 Å². The molecule has 4 aromatic carbocycles. The van der Waals surface area contributed by atoms with Crippen LogP contribution in [-0.4, -0.2) is 131 Å². The van der Waals surface area contributed by atoms with Crippen LogP contribution in [-0.2, 0) is 44.7 Å². The molecule has 0 radical (unpaired) electrons. The summed E-state index contributed by atoms with van der Waals surface area (Å²) in [6, 6.07) is 20.6. The van der Waals surface area contributed by atoms with Gasteiger partial charge in [0.2, 0.25) is 0 Å². The second-order valence-corrected chi connectivity index (χ2v) is 18.7. The molecular formula is C55H76N2O12+2. The summed E-state index contributed by atoms with van der Waals surface area (Å²) in [5.41, 5.74) is 7.07. The van der Waals surface area contributed by atoms with E-state index in [0.29, 0.717) is 94.1 Å². The van der Waals surface area contributed by atoms with Crippen molar-refractivity contribution in [1.29, 1.82) is 0 Å². The molecule has 0 saturated carbocycles. The molecule has 0 N–H and O–H groups in total. The van der Waals surface area contributed by atoms with Gasteiger partial charge in [-0.2, -0.15) is 0 Å². The Balaban J connectivity index is 0.941. The lowest BCUT2D eigenvalue weighted by atomic mass is 9.86. The molecule has 14 nitrogen and oxygen atoms in total. The van der Waals surface area contributed by atoms with E-state index in [1.807, 2.05) is 24.3 Å². The Kier molecular flexibility index (Phi) is 18.7. The molecule has 14 heteroatoms. The fourth-order valence-corrected chi connectivity index (χ4v) is 10.3. The van der Waals surface area contributed by atoms with Gasteiger partial charge in [0.25, 0.3) is 0 Å². The highest BCUT2D eigenvalue weighted by molar-refractivity contribution is 5.69. The molecule has 376 valence electrons. The number of unbranched alkanes of at least 4 members (excludes halogenated alkanes) is 4. The summed E-state index contributed by atoms with van der Waals surface area (Å²) in [5.74, 6) is 5.19. The second kappa shape index (κ2) is 24.6. The van der Waals surface area contributed by atoms with E-state index in [2.05, 4.69) is 50.5 Å². The summed E-state index contributed by atoms with van der Waals surface area (Å²) in [6.07, 6.45) is 8.22. The molecule has 4 atom stereocenters. The zero-order chi connectivity index (χ0) is 49.6. The SMILES string of the molecule is COc1ccc(C[C@@H]2c3cc(OC)c(OC)cc3CC[N@@+]2(C)CCC(=O)OCCCCCCCOC(=O)CC[N@@+]2(C)CCc3cc(OC)c(OC)cc3[C@@H]2Cc2ccc(OC)c(OC)c2)cc1OC. The van der Waals surface area contributed by atoms with Crippen molar-refractivity contribution in [2.75, 3.05) is 110 Å². The zero-order valence-electron chi connectivity index (χ0n) is 42.7. The number of quaternary nitrogens is 2. The number of hydrogen-bond acceptors (Lipinski definition) is 12.